The molecule has 0 spiro atoms. The third-order valence-electron chi connectivity index (χ3n) is 3.69. The van der Waals surface area contributed by atoms with Crippen molar-refractivity contribution in [3.05, 3.63) is 75.2 Å². The van der Waals surface area contributed by atoms with Gasteiger partial charge >= 0.3 is 0 Å². The highest BCUT2D eigenvalue weighted by Crippen LogP contribution is 2.23. The van der Waals surface area contributed by atoms with E-state index in [0.717, 1.165) is 17.0 Å². The van der Waals surface area contributed by atoms with Gasteiger partial charge in [0, 0.05) is 17.5 Å². The highest BCUT2D eigenvalue weighted by Gasteiger charge is 2.10. The summed E-state index contributed by atoms with van der Waals surface area (Å²) in [6, 6.07) is 10.9. The Balaban J connectivity index is 1.71. The van der Waals surface area contributed by atoms with Crippen molar-refractivity contribution in [2.24, 2.45) is 0 Å². The summed E-state index contributed by atoms with van der Waals surface area (Å²) in [5.74, 6) is -0.00262. The molecule has 0 bridgehead atoms. The van der Waals surface area contributed by atoms with Gasteiger partial charge in [0.05, 0.1) is 22.3 Å². The molecule has 0 aliphatic carbocycles. The Labute approximate surface area is 155 Å². The Morgan fingerprint density at radius 2 is 1.88 bits per heavy atom. The second-order valence-electron chi connectivity index (χ2n) is 5.72. The number of hydrogen-bond acceptors (Lipinski definition) is 3. The lowest BCUT2D eigenvalue weighted by molar-refractivity contribution is 0.102. The standard InChI is InChI=1S/C18H16Cl2N4O/c1-11-7-12(2)24(23-11)10-13-3-5-14(6-4-13)18(25)22-17-16(20)8-15(19)9-21-17/h3-9H,10H2,1-2H3,(H,21,22,25). The molecule has 0 saturated carbocycles. The number of nitrogens with one attached hydrogen (secondary N) is 1. The van der Waals surface area contributed by atoms with Crippen molar-refractivity contribution in [1.29, 1.82) is 0 Å². The van der Waals surface area contributed by atoms with Crippen molar-refractivity contribution in [1.82, 2.24) is 14.8 Å². The van der Waals surface area contributed by atoms with Gasteiger partial charge in [-0.2, -0.15) is 5.10 Å². The monoisotopic (exact) mass is 374 g/mol. The van der Waals surface area contributed by atoms with Crippen molar-refractivity contribution in [2.75, 3.05) is 5.32 Å². The minimum Gasteiger partial charge on any atom is -0.305 e. The molecule has 128 valence electrons. The fourth-order valence-electron chi connectivity index (χ4n) is 2.46. The van der Waals surface area contributed by atoms with Gasteiger partial charge in [-0.25, -0.2) is 4.98 Å². The van der Waals surface area contributed by atoms with Crippen LogP contribution in [0.5, 0.6) is 0 Å². The van der Waals surface area contributed by atoms with Crippen molar-refractivity contribution in [3.63, 3.8) is 0 Å². The predicted octanol–water partition coefficient (Wildman–Crippen LogP) is 4.50. The molecule has 1 amide bonds. The summed E-state index contributed by atoms with van der Waals surface area (Å²) >= 11 is 11.8. The second kappa shape index (κ2) is 7.25. The number of anilines is 1. The molecule has 0 fully saturated rings. The molecule has 3 aromatic rings. The number of halogens is 2. The summed E-state index contributed by atoms with van der Waals surface area (Å²) < 4.78 is 1.93. The molecule has 5 nitrogen and oxygen atoms in total. The number of hydrogen-bond donors (Lipinski definition) is 1. The Morgan fingerprint density at radius 1 is 1.16 bits per heavy atom. The molecule has 0 unspecified atom stereocenters. The van der Waals surface area contributed by atoms with Gasteiger partial charge in [-0.15, -0.1) is 0 Å². The average Bonchev–Trinajstić information content (AvgIpc) is 2.88. The number of pyridine rings is 1. The van der Waals surface area contributed by atoms with Crippen LogP contribution in [0.1, 0.15) is 27.3 Å². The van der Waals surface area contributed by atoms with Crippen LogP contribution in [0.15, 0.2) is 42.6 Å². The average molecular weight is 375 g/mol. The van der Waals surface area contributed by atoms with Crippen molar-refractivity contribution >= 4 is 34.9 Å². The van der Waals surface area contributed by atoms with Gasteiger partial charge in [-0.3, -0.25) is 9.48 Å². The zero-order valence-electron chi connectivity index (χ0n) is 13.8. The third-order valence-corrected chi connectivity index (χ3v) is 4.19. The maximum Gasteiger partial charge on any atom is 0.256 e. The summed E-state index contributed by atoms with van der Waals surface area (Å²) in [5, 5.41) is 7.82. The zero-order chi connectivity index (χ0) is 18.0. The van der Waals surface area contributed by atoms with E-state index in [0.29, 0.717) is 22.2 Å². The molecule has 0 atom stereocenters. The van der Waals surface area contributed by atoms with Crippen LogP contribution in [-0.4, -0.2) is 20.7 Å². The molecule has 7 heteroatoms. The normalized spacial score (nSPS) is 10.7. The number of carbonyl (C=O) groups excluding carboxylic acids is 1. The Hall–Kier alpha value is -2.37. The molecule has 25 heavy (non-hydrogen) atoms. The van der Waals surface area contributed by atoms with Gasteiger partial charge in [0.15, 0.2) is 5.82 Å². The lowest BCUT2D eigenvalue weighted by Crippen LogP contribution is -2.13. The maximum absolute atomic E-state index is 12.3. The summed E-state index contributed by atoms with van der Waals surface area (Å²) in [6.45, 7) is 4.64. The van der Waals surface area contributed by atoms with Crippen LogP contribution in [0.3, 0.4) is 0 Å². The van der Waals surface area contributed by atoms with Gasteiger partial charge in [-0.05, 0) is 43.7 Å². The molecule has 0 radical (unpaired) electrons. The molecular weight excluding hydrogens is 359 g/mol. The molecule has 0 saturated heterocycles. The van der Waals surface area contributed by atoms with E-state index in [-0.39, 0.29) is 11.7 Å². The maximum atomic E-state index is 12.3. The first-order valence-electron chi connectivity index (χ1n) is 7.65. The van der Waals surface area contributed by atoms with E-state index in [2.05, 4.69) is 15.4 Å². The van der Waals surface area contributed by atoms with E-state index in [9.17, 15) is 4.79 Å². The highest BCUT2D eigenvalue weighted by atomic mass is 35.5. The third kappa shape index (κ3) is 4.18. The van der Waals surface area contributed by atoms with Crippen molar-refractivity contribution < 1.29 is 4.79 Å². The summed E-state index contributed by atoms with van der Waals surface area (Å²) in [6.07, 6.45) is 1.43. The van der Waals surface area contributed by atoms with E-state index in [4.69, 9.17) is 23.2 Å². The molecular formula is C18H16Cl2N4O. The number of benzene rings is 1. The topological polar surface area (TPSA) is 59.8 Å². The fourth-order valence-corrected chi connectivity index (χ4v) is 2.88. The molecule has 1 aromatic carbocycles. The molecule has 0 aliphatic rings. The van der Waals surface area contributed by atoms with E-state index in [1.807, 2.05) is 36.7 Å². The van der Waals surface area contributed by atoms with Crippen LogP contribution < -0.4 is 5.32 Å². The van der Waals surface area contributed by atoms with Gasteiger partial charge in [-0.1, -0.05) is 35.3 Å². The van der Waals surface area contributed by atoms with Crippen LogP contribution >= 0.6 is 23.2 Å². The number of carbonyl (C=O) groups is 1. The highest BCUT2D eigenvalue weighted by molar-refractivity contribution is 6.36. The largest absolute Gasteiger partial charge is 0.305 e. The van der Waals surface area contributed by atoms with E-state index in [1.54, 1.807) is 12.1 Å². The Kier molecular flexibility index (Phi) is 5.06. The minimum absolute atomic E-state index is 0.280. The van der Waals surface area contributed by atoms with E-state index >= 15 is 0 Å². The van der Waals surface area contributed by atoms with Crippen molar-refractivity contribution in [3.8, 4) is 0 Å². The van der Waals surface area contributed by atoms with E-state index < -0.39 is 0 Å². The smallest absolute Gasteiger partial charge is 0.256 e. The lowest BCUT2D eigenvalue weighted by Gasteiger charge is -2.08. The first-order valence-corrected chi connectivity index (χ1v) is 8.40. The van der Waals surface area contributed by atoms with E-state index in [1.165, 1.54) is 12.3 Å². The number of amides is 1. The summed E-state index contributed by atoms with van der Waals surface area (Å²) in [7, 11) is 0. The quantitative estimate of drug-likeness (QED) is 0.730. The molecule has 0 aliphatic heterocycles. The molecule has 3 rings (SSSR count). The Bertz CT molecular complexity index is 919. The van der Waals surface area contributed by atoms with Crippen LogP contribution in [0, 0.1) is 13.8 Å². The SMILES string of the molecule is Cc1cc(C)n(Cc2ccc(C(=O)Nc3ncc(Cl)cc3Cl)cc2)n1. The van der Waals surface area contributed by atoms with Gasteiger partial charge in [0.1, 0.15) is 0 Å². The fraction of sp³-hybridized carbons (Fsp3) is 0.167. The number of rotatable bonds is 4. The number of aromatic nitrogens is 3. The number of aryl methyl sites for hydroxylation is 2. The first-order chi connectivity index (χ1) is 11.9. The number of nitrogens with zero attached hydrogens (tertiary/aromatic N) is 3. The molecule has 1 N–H and O–H groups in total. The second-order valence-corrected chi connectivity index (χ2v) is 6.56. The Morgan fingerprint density at radius 3 is 2.48 bits per heavy atom. The molecule has 2 aromatic heterocycles. The van der Waals surface area contributed by atoms with Crippen LogP contribution in [0.25, 0.3) is 0 Å². The zero-order valence-corrected chi connectivity index (χ0v) is 15.3. The summed E-state index contributed by atoms with van der Waals surface area (Å²) in [5.41, 5.74) is 3.67. The van der Waals surface area contributed by atoms with Crippen LogP contribution in [0.2, 0.25) is 10.0 Å². The van der Waals surface area contributed by atoms with Crippen molar-refractivity contribution in [2.45, 2.75) is 20.4 Å². The minimum atomic E-state index is -0.283. The van der Waals surface area contributed by atoms with Gasteiger partial charge < -0.3 is 5.32 Å². The van der Waals surface area contributed by atoms with Gasteiger partial charge in [0.25, 0.3) is 5.91 Å². The van der Waals surface area contributed by atoms with Crippen LogP contribution in [-0.2, 0) is 6.54 Å². The predicted molar refractivity (Wildman–Crippen MR) is 99.5 cm³/mol. The summed E-state index contributed by atoms with van der Waals surface area (Å²) in [4.78, 5) is 16.3. The lowest BCUT2D eigenvalue weighted by atomic mass is 10.1. The molecule has 2 heterocycles. The van der Waals surface area contributed by atoms with Gasteiger partial charge in [0.2, 0.25) is 0 Å². The first kappa shape index (κ1) is 17.5. The van der Waals surface area contributed by atoms with Crippen LogP contribution in [0.4, 0.5) is 5.82 Å².